The van der Waals surface area contributed by atoms with E-state index >= 15 is 0 Å². The van der Waals surface area contributed by atoms with E-state index in [9.17, 15) is 27.6 Å². The maximum atomic E-state index is 12.0. The maximum absolute atomic E-state index is 12.0. The van der Waals surface area contributed by atoms with Gasteiger partial charge < -0.3 is 21.3 Å². The van der Waals surface area contributed by atoms with E-state index in [1.807, 2.05) is 38.1 Å². The average Bonchev–Trinajstić information content (AvgIpc) is 2.66. The molecule has 2 atom stereocenters. The van der Waals surface area contributed by atoms with Crippen molar-refractivity contribution in [2.75, 3.05) is 0 Å². The van der Waals surface area contributed by atoms with E-state index in [-0.39, 0.29) is 6.42 Å². The number of carboxylic acids is 1. The first kappa shape index (κ1) is 28.5. The third-order valence-electron chi connectivity index (χ3n) is 4.08. The molecule has 31 heavy (non-hydrogen) atoms. The van der Waals surface area contributed by atoms with E-state index in [0.717, 1.165) is 18.4 Å². The second kappa shape index (κ2) is 13.8. The van der Waals surface area contributed by atoms with Crippen LogP contribution in [-0.2, 0) is 32.0 Å². The van der Waals surface area contributed by atoms with Crippen LogP contribution in [0.5, 0.6) is 0 Å². The van der Waals surface area contributed by atoms with Crippen LogP contribution >= 0.6 is 0 Å². The Labute approximate surface area is 179 Å². The monoisotopic (exact) mass is 448 g/mol. The SMILES string of the molecule is CC(C)CC(N)C(=O)O.CCCc1ccc(CC[C@H](N)C(=O)OC(=O)C(F)(F)F)cc1. The number of carboxylic acid groups (broad SMARTS) is 1. The third-order valence-corrected chi connectivity index (χ3v) is 4.08. The molecule has 0 aromatic heterocycles. The van der Waals surface area contributed by atoms with Crippen LogP contribution in [0.2, 0.25) is 0 Å². The molecule has 0 radical (unpaired) electrons. The van der Waals surface area contributed by atoms with E-state index in [0.29, 0.717) is 18.8 Å². The molecule has 1 rings (SSSR count). The van der Waals surface area contributed by atoms with Crippen LogP contribution in [-0.4, -0.2) is 41.3 Å². The fourth-order valence-corrected chi connectivity index (χ4v) is 2.43. The van der Waals surface area contributed by atoms with Gasteiger partial charge in [-0.1, -0.05) is 51.5 Å². The number of esters is 2. The zero-order valence-electron chi connectivity index (χ0n) is 17.9. The van der Waals surface area contributed by atoms with Crippen molar-refractivity contribution in [1.82, 2.24) is 0 Å². The van der Waals surface area contributed by atoms with Crippen LogP contribution < -0.4 is 11.5 Å². The Kier molecular flexibility index (Phi) is 12.7. The van der Waals surface area contributed by atoms with Crippen molar-refractivity contribution in [3.63, 3.8) is 0 Å². The lowest BCUT2D eigenvalue weighted by molar-refractivity contribution is -0.202. The zero-order valence-corrected chi connectivity index (χ0v) is 17.9. The molecule has 0 fully saturated rings. The van der Waals surface area contributed by atoms with Gasteiger partial charge in [0.05, 0.1) is 0 Å². The number of benzene rings is 1. The summed E-state index contributed by atoms with van der Waals surface area (Å²) in [4.78, 5) is 31.9. The molecule has 0 saturated carbocycles. The Morgan fingerprint density at radius 3 is 1.84 bits per heavy atom. The van der Waals surface area contributed by atoms with Crippen molar-refractivity contribution in [1.29, 1.82) is 0 Å². The molecule has 10 heteroatoms. The Balaban J connectivity index is 0.000000842. The molecule has 0 bridgehead atoms. The summed E-state index contributed by atoms with van der Waals surface area (Å²) in [5, 5.41) is 8.31. The minimum atomic E-state index is -5.20. The molecule has 5 N–H and O–H groups in total. The quantitative estimate of drug-likeness (QED) is 0.391. The van der Waals surface area contributed by atoms with Crippen LogP contribution in [0.1, 0.15) is 51.2 Å². The summed E-state index contributed by atoms with van der Waals surface area (Å²) in [6.45, 7) is 5.96. The van der Waals surface area contributed by atoms with Gasteiger partial charge in [-0.15, -0.1) is 0 Å². The standard InChI is InChI=1S/C15H18F3NO3.C6H13NO2/c1-2-3-10-4-6-11(7-5-10)8-9-12(19)13(20)22-14(21)15(16,17)18;1-4(2)3-5(7)6(8)9/h4-7,12H,2-3,8-9,19H2,1H3;4-5H,3,7H2,1-2H3,(H,8,9)/t12-;/m0./s1. The van der Waals surface area contributed by atoms with E-state index < -0.39 is 36.2 Å². The number of alkyl halides is 3. The molecule has 0 aliphatic rings. The van der Waals surface area contributed by atoms with Gasteiger partial charge in [0.15, 0.2) is 0 Å². The first-order chi connectivity index (χ1) is 14.3. The molecule has 176 valence electrons. The molecule has 0 aliphatic carbocycles. The van der Waals surface area contributed by atoms with Crippen molar-refractivity contribution in [3.05, 3.63) is 35.4 Å². The topological polar surface area (TPSA) is 133 Å². The predicted molar refractivity (Wildman–Crippen MR) is 109 cm³/mol. The molecular weight excluding hydrogens is 417 g/mol. The van der Waals surface area contributed by atoms with Gasteiger partial charge in [0.1, 0.15) is 12.1 Å². The number of carbonyl (C=O) groups is 3. The molecule has 0 aliphatic heterocycles. The highest BCUT2D eigenvalue weighted by Crippen LogP contribution is 2.17. The minimum absolute atomic E-state index is 0.0943. The number of hydrogen-bond acceptors (Lipinski definition) is 6. The van der Waals surface area contributed by atoms with Gasteiger partial charge in [-0.2, -0.15) is 13.2 Å². The van der Waals surface area contributed by atoms with E-state index in [4.69, 9.17) is 16.6 Å². The van der Waals surface area contributed by atoms with Crippen LogP contribution in [0.4, 0.5) is 13.2 Å². The van der Waals surface area contributed by atoms with Crippen LogP contribution in [0, 0.1) is 5.92 Å². The van der Waals surface area contributed by atoms with Gasteiger partial charge in [0.25, 0.3) is 0 Å². The lowest BCUT2D eigenvalue weighted by Gasteiger charge is -2.11. The van der Waals surface area contributed by atoms with Gasteiger partial charge in [-0.25, -0.2) is 9.59 Å². The van der Waals surface area contributed by atoms with Crippen molar-refractivity contribution in [3.8, 4) is 0 Å². The van der Waals surface area contributed by atoms with Gasteiger partial charge in [-0.05, 0) is 42.7 Å². The summed E-state index contributed by atoms with van der Waals surface area (Å²) in [5.41, 5.74) is 12.8. The van der Waals surface area contributed by atoms with Gasteiger partial charge in [-0.3, -0.25) is 4.79 Å². The van der Waals surface area contributed by atoms with Crippen LogP contribution in [0.15, 0.2) is 24.3 Å². The summed E-state index contributed by atoms with van der Waals surface area (Å²) in [7, 11) is 0. The predicted octanol–water partition coefficient (Wildman–Crippen LogP) is 2.98. The molecule has 0 spiro atoms. The Hall–Kier alpha value is -2.46. The molecule has 1 aromatic rings. The molecule has 7 nitrogen and oxygen atoms in total. The summed E-state index contributed by atoms with van der Waals surface area (Å²) in [5.74, 6) is -4.47. The summed E-state index contributed by atoms with van der Waals surface area (Å²) >= 11 is 0. The highest BCUT2D eigenvalue weighted by molar-refractivity contribution is 5.90. The maximum Gasteiger partial charge on any atom is 0.491 e. The first-order valence-corrected chi connectivity index (χ1v) is 9.92. The zero-order chi connectivity index (χ0) is 24.2. The number of aliphatic carboxylic acids is 1. The van der Waals surface area contributed by atoms with Crippen LogP contribution in [0.3, 0.4) is 0 Å². The lowest BCUT2D eigenvalue weighted by Crippen LogP contribution is -2.37. The smallest absolute Gasteiger partial charge is 0.480 e. The highest BCUT2D eigenvalue weighted by atomic mass is 19.4. The van der Waals surface area contributed by atoms with E-state index in [2.05, 4.69) is 11.7 Å². The van der Waals surface area contributed by atoms with Crippen molar-refractivity contribution in [2.45, 2.75) is 71.1 Å². The minimum Gasteiger partial charge on any atom is -0.480 e. The van der Waals surface area contributed by atoms with Gasteiger partial charge in [0, 0.05) is 0 Å². The fourth-order valence-electron chi connectivity index (χ4n) is 2.43. The molecular formula is C21H31F3N2O5. The Bertz CT molecular complexity index is 706. The summed E-state index contributed by atoms with van der Waals surface area (Å²) in [6, 6.07) is 5.70. The number of nitrogens with two attached hydrogens (primary N) is 2. The fraction of sp³-hybridized carbons (Fsp3) is 0.571. The summed E-state index contributed by atoms with van der Waals surface area (Å²) < 4.78 is 39.6. The number of hydrogen-bond donors (Lipinski definition) is 3. The number of rotatable bonds is 9. The Morgan fingerprint density at radius 2 is 1.48 bits per heavy atom. The normalized spacial score (nSPS) is 13.1. The van der Waals surface area contributed by atoms with Crippen molar-refractivity contribution in [2.24, 2.45) is 17.4 Å². The molecule has 0 saturated heterocycles. The molecule has 0 amide bonds. The van der Waals surface area contributed by atoms with Gasteiger partial charge >= 0.3 is 24.1 Å². The first-order valence-electron chi connectivity index (χ1n) is 9.92. The average molecular weight is 448 g/mol. The van der Waals surface area contributed by atoms with Crippen LogP contribution in [0.25, 0.3) is 0 Å². The van der Waals surface area contributed by atoms with Gasteiger partial charge in [0.2, 0.25) is 0 Å². The molecule has 0 heterocycles. The summed E-state index contributed by atoms with van der Waals surface area (Å²) in [6.07, 6.45) is -2.16. The van der Waals surface area contributed by atoms with Crippen molar-refractivity contribution >= 4 is 17.9 Å². The van der Waals surface area contributed by atoms with E-state index in [1.165, 1.54) is 5.56 Å². The van der Waals surface area contributed by atoms with Crippen molar-refractivity contribution < 1.29 is 37.4 Å². The number of halogens is 3. The second-order valence-electron chi connectivity index (χ2n) is 7.49. The number of carbonyl (C=O) groups excluding carboxylic acids is 2. The third kappa shape index (κ3) is 12.7. The molecule has 1 unspecified atom stereocenters. The number of ether oxygens (including phenoxy) is 1. The van der Waals surface area contributed by atoms with E-state index in [1.54, 1.807) is 0 Å². The Morgan fingerprint density at radius 1 is 1.00 bits per heavy atom. The highest BCUT2D eigenvalue weighted by Gasteiger charge is 2.43. The number of aryl methyl sites for hydroxylation is 2. The largest absolute Gasteiger partial charge is 0.491 e. The second-order valence-corrected chi connectivity index (χ2v) is 7.49. The lowest BCUT2D eigenvalue weighted by atomic mass is 10.0. The molecule has 1 aromatic carbocycles.